The predicted molar refractivity (Wildman–Crippen MR) is 111 cm³/mol. The van der Waals surface area contributed by atoms with E-state index in [1.165, 1.54) is 5.56 Å². The number of hydrogen-bond donors (Lipinski definition) is 1. The molecule has 0 radical (unpaired) electrons. The summed E-state index contributed by atoms with van der Waals surface area (Å²) in [7, 11) is 0. The number of halogens is 1. The first-order valence-electron chi connectivity index (χ1n) is 9.14. The zero-order valence-electron chi connectivity index (χ0n) is 15.6. The van der Waals surface area contributed by atoms with Crippen LogP contribution in [0.25, 0.3) is 16.9 Å². The third kappa shape index (κ3) is 4.21. The summed E-state index contributed by atoms with van der Waals surface area (Å²) < 4.78 is 1.97. The number of pyridine rings is 1. The minimum Gasteiger partial charge on any atom is -0.330 e. The molecule has 1 aromatic carbocycles. The van der Waals surface area contributed by atoms with Crippen molar-refractivity contribution in [2.24, 2.45) is 11.1 Å². The van der Waals surface area contributed by atoms with Crippen LogP contribution in [0.1, 0.15) is 18.9 Å². The lowest BCUT2D eigenvalue weighted by atomic mass is 9.90. The Morgan fingerprint density at radius 2 is 1.96 bits per heavy atom. The zero-order chi connectivity index (χ0) is 18.0. The van der Waals surface area contributed by atoms with Crippen molar-refractivity contribution in [1.29, 1.82) is 0 Å². The van der Waals surface area contributed by atoms with Gasteiger partial charge in [-0.05, 0) is 49.2 Å². The van der Waals surface area contributed by atoms with Gasteiger partial charge in [0.2, 0.25) is 0 Å². The number of nitrogens with zero attached hydrogens (tertiary/aromatic N) is 4. The Morgan fingerprint density at radius 3 is 2.63 bits per heavy atom. The molecule has 1 aliphatic heterocycles. The van der Waals surface area contributed by atoms with E-state index in [4.69, 9.17) is 10.8 Å². The van der Waals surface area contributed by atoms with Crippen LogP contribution < -0.4 is 5.73 Å². The van der Waals surface area contributed by atoms with Crippen molar-refractivity contribution in [2.75, 3.05) is 19.6 Å². The molecule has 0 aliphatic carbocycles. The Balaban J connectivity index is 0.00000210. The van der Waals surface area contributed by atoms with Crippen LogP contribution in [0.4, 0.5) is 0 Å². The maximum Gasteiger partial charge on any atom is 0.0988 e. The van der Waals surface area contributed by atoms with Crippen LogP contribution in [0.15, 0.2) is 61.1 Å². The van der Waals surface area contributed by atoms with Gasteiger partial charge in [-0.2, -0.15) is 5.10 Å². The Morgan fingerprint density at radius 1 is 1.15 bits per heavy atom. The smallest absolute Gasteiger partial charge is 0.0988 e. The van der Waals surface area contributed by atoms with Crippen molar-refractivity contribution in [3.8, 4) is 16.9 Å². The van der Waals surface area contributed by atoms with Gasteiger partial charge in [0.05, 0.1) is 11.4 Å². The van der Waals surface area contributed by atoms with Gasteiger partial charge in [0.15, 0.2) is 0 Å². The molecule has 3 aromatic rings. The molecule has 2 N–H and O–H groups in total. The minimum atomic E-state index is 0. The largest absolute Gasteiger partial charge is 0.330 e. The van der Waals surface area contributed by atoms with E-state index in [0.29, 0.717) is 0 Å². The second kappa shape index (κ2) is 8.21. The van der Waals surface area contributed by atoms with Crippen molar-refractivity contribution >= 4 is 12.4 Å². The fourth-order valence-corrected chi connectivity index (χ4v) is 3.65. The highest BCUT2D eigenvalue weighted by Gasteiger charge is 2.32. The fraction of sp³-hybridized carbons (Fsp3) is 0.333. The van der Waals surface area contributed by atoms with Crippen LogP contribution in [-0.4, -0.2) is 39.3 Å². The molecule has 2 aromatic heterocycles. The van der Waals surface area contributed by atoms with Crippen molar-refractivity contribution in [3.63, 3.8) is 0 Å². The molecule has 0 spiro atoms. The highest BCUT2D eigenvalue weighted by Crippen LogP contribution is 2.31. The van der Waals surface area contributed by atoms with Gasteiger partial charge in [-0.15, -0.1) is 12.4 Å². The minimum absolute atomic E-state index is 0. The van der Waals surface area contributed by atoms with Gasteiger partial charge in [-0.25, -0.2) is 4.68 Å². The zero-order valence-corrected chi connectivity index (χ0v) is 16.4. The van der Waals surface area contributed by atoms with Crippen molar-refractivity contribution in [1.82, 2.24) is 19.7 Å². The first-order valence-corrected chi connectivity index (χ1v) is 9.14. The second-order valence-corrected chi connectivity index (χ2v) is 7.50. The van der Waals surface area contributed by atoms with Crippen molar-refractivity contribution < 1.29 is 0 Å². The van der Waals surface area contributed by atoms with E-state index in [-0.39, 0.29) is 17.8 Å². The molecule has 0 amide bonds. The summed E-state index contributed by atoms with van der Waals surface area (Å²) in [6.07, 6.45) is 6.98. The molecule has 1 aliphatic rings. The van der Waals surface area contributed by atoms with Crippen LogP contribution >= 0.6 is 12.4 Å². The third-order valence-corrected chi connectivity index (χ3v) is 5.27. The highest BCUT2D eigenvalue weighted by molar-refractivity contribution is 5.85. The van der Waals surface area contributed by atoms with E-state index >= 15 is 0 Å². The summed E-state index contributed by atoms with van der Waals surface area (Å²) in [4.78, 5) is 6.76. The Hall–Kier alpha value is -2.21. The van der Waals surface area contributed by atoms with Gasteiger partial charge in [-0.3, -0.25) is 9.88 Å². The highest BCUT2D eigenvalue weighted by atomic mass is 35.5. The molecule has 27 heavy (non-hydrogen) atoms. The van der Waals surface area contributed by atoms with Gasteiger partial charge in [0, 0.05) is 42.8 Å². The lowest BCUT2D eigenvalue weighted by Crippen LogP contribution is -2.31. The predicted octanol–water partition coefficient (Wildman–Crippen LogP) is 3.53. The topological polar surface area (TPSA) is 60.0 Å². The lowest BCUT2D eigenvalue weighted by Gasteiger charge is -2.22. The maximum atomic E-state index is 5.97. The van der Waals surface area contributed by atoms with E-state index < -0.39 is 0 Å². The number of rotatable bonds is 5. The van der Waals surface area contributed by atoms with Crippen molar-refractivity contribution in [2.45, 2.75) is 19.9 Å². The fourth-order valence-electron chi connectivity index (χ4n) is 3.65. The first-order chi connectivity index (χ1) is 12.7. The number of likely N-dealkylation sites (tertiary alicyclic amines) is 1. The molecule has 0 saturated carbocycles. The van der Waals surface area contributed by atoms with E-state index in [2.05, 4.69) is 41.2 Å². The van der Waals surface area contributed by atoms with Crippen molar-refractivity contribution in [3.05, 3.63) is 66.6 Å². The monoisotopic (exact) mass is 383 g/mol. The summed E-state index contributed by atoms with van der Waals surface area (Å²) in [6, 6.07) is 14.3. The molecule has 1 fully saturated rings. The van der Waals surface area contributed by atoms with Crippen LogP contribution in [0, 0.1) is 5.41 Å². The molecule has 3 heterocycles. The van der Waals surface area contributed by atoms with Gasteiger partial charge in [-0.1, -0.05) is 25.1 Å². The van der Waals surface area contributed by atoms with E-state index in [1.807, 2.05) is 35.1 Å². The summed E-state index contributed by atoms with van der Waals surface area (Å²) in [5.74, 6) is 0. The Labute approximate surface area is 166 Å². The summed E-state index contributed by atoms with van der Waals surface area (Å²) >= 11 is 0. The molecule has 4 rings (SSSR count). The normalized spacial score (nSPS) is 19.8. The van der Waals surface area contributed by atoms with E-state index in [9.17, 15) is 0 Å². The molecule has 6 heteroatoms. The van der Waals surface area contributed by atoms with Crippen LogP contribution in [0.5, 0.6) is 0 Å². The summed E-state index contributed by atoms with van der Waals surface area (Å²) in [6.45, 7) is 6.01. The molecule has 142 valence electrons. The Bertz CT molecular complexity index is 865. The number of benzene rings is 1. The van der Waals surface area contributed by atoms with Gasteiger partial charge in [0.1, 0.15) is 0 Å². The summed E-state index contributed by atoms with van der Waals surface area (Å²) in [5.41, 5.74) is 10.5. The number of para-hydroxylation sites is 1. The van der Waals surface area contributed by atoms with Gasteiger partial charge in [0.25, 0.3) is 0 Å². The second-order valence-electron chi connectivity index (χ2n) is 7.50. The number of aromatic nitrogens is 3. The van der Waals surface area contributed by atoms with Crippen LogP contribution in [0.2, 0.25) is 0 Å². The number of hydrogen-bond acceptors (Lipinski definition) is 4. The molecular weight excluding hydrogens is 358 g/mol. The number of nitrogens with two attached hydrogens (primary N) is 1. The third-order valence-electron chi connectivity index (χ3n) is 5.27. The molecule has 1 unspecified atom stereocenters. The molecule has 5 nitrogen and oxygen atoms in total. The standard InChI is InChI=1S/C21H25N5.ClH/c1-21(15-22)9-11-25(16-21)13-18-14-26(19-7-3-2-4-8-19)24-20(18)17-6-5-10-23-12-17;/h2-8,10,12,14H,9,11,13,15-16,22H2,1H3;1H. The van der Waals surface area contributed by atoms with Crippen LogP contribution in [-0.2, 0) is 6.54 Å². The average Bonchev–Trinajstić information content (AvgIpc) is 3.28. The maximum absolute atomic E-state index is 5.97. The van der Waals surface area contributed by atoms with E-state index in [0.717, 1.165) is 49.5 Å². The van der Waals surface area contributed by atoms with E-state index in [1.54, 1.807) is 6.20 Å². The van der Waals surface area contributed by atoms with Crippen LogP contribution in [0.3, 0.4) is 0 Å². The molecular formula is C21H26ClN5. The first kappa shape index (κ1) is 19.5. The molecule has 1 saturated heterocycles. The molecule has 0 bridgehead atoms. The molecule has 1 atom stereocenters. The van der Waals surface area contributed by atoms with Gasteiger partial charge >= 0.3 is 0 Å². The van der Waals surface area contributed by atoms with Gasteiger partial charge < -0.3 is 5.73 Å². The average molecular weight is 384 g/mol. The SMILES string of the molecule is CC1(CN)CCN(Cc2cn(-c3ccccc3)nc2-c2cccnc2)C1.Cl. The Kier molecular flexibility index (Phi) is 5.95. The lowest BCUT2D eigenvalue weighted by molar-refractivity contribution is 0.274. The summed E-state index contributed by atoms with van der Waals surface area (Å²) in [5, 5.41) is 4.87. The quantitative estimate of drug-likeness (QED) is 0.732.